The molecule has 0 aliphatic rings. The third kappa shape index (κ3) is 11.8. The molecule has 2 rings (SSSR count). The van der Waals surface area contributed by atoms with Crippen LogP contribution < -0.4 is 0 Å². The summed E-state index contributed by atoms with van der Waals surface area (Å²) in [5.74, 6) is 0. The van der Waals surface area contributed by atoms with E-state index in [1.165, 1.54) is 120 Å². The largest absolute Gasteiger partial charge is 0.295 e. The van der Waals surface area contributed by atoms with Gasteiger partial charge in [0.2, 0.25) is 0 Å². The quantitative estimate of drug-likeness (QED) is 0.133. The van der Waals surface area contributed by atoms with Crippen LogP contribution in [-0.2, 0) is 23.0 Å². The van der Waals surface area contributed by atoms with Gasteiger partial charge in [0.15, 0.2) is 0 Å². The first kappa shape index (κ1) is 30.8. The van der Waals surface area contributed by atoms with Crippen molar-refractivity contribution in [2.75, 3.05) is 0 Å². The molecule has 0 saturated carbocycles. The minimum absolute atomic E-state index is 0.0438. The molecular weight excluding hydrogens is 464 g/mol. The van der Waals surface area contributed by atoms with E-state index in [-0.39, 0.29) is 4.90 Å². The molecule has 0 spiro atoms. The summed E-state index contributed by atoms with van der Waals surface area (Å²) in [4.78, 5) is 0.0438. The fraction of sp³-hybridized carbons (Fsp3) is 0.688. The van der Waals surface area contributed by atoms with Crippen LogP contribution in [0.2, 0.25) is 0 Å². The van der Waals surface area contributed by atoms with Crippen LogP contribution >= 0.6 is 0 Å². The standard InChI is InChI=1S/C32H52O3S/c1-3-5-7-9-11-13-15-17-19-22-28-26-29(23-20-18-16-14-12-10-8-6-4-2)30-24-21-25-32(31(30)27-28)36(33,34)35/h21,24-27H,3-20,22-23H2,1-2H3,(H,33,34,35). The predicted molar refractivity (Wildman–Crippen MR) is 156 cm³/mol. The van der Waals surface area contributed by atoms with Gasteiger partial charge in [0, 0.05) is 5.39 Å². The summed E-state index contributed by atoms with van der Waals surface area (Å²) < 4.78 is 34.0. The van der Waals surface area contributed by atoms with E-state index < -0.39 is 10.1 Å². The van der Waals surface area contributed by atoms with Gasteiger partial charge < -0.3 is 0 Å². The lowest BCUT2D eigenvalue weighted by Crippen LogP contribution is -2.01. The zero-order chi connectivity index (χ0) is 26.1. The van der Waals surface area contributed by atoms with Gasteiger partial charge in [-0.25, -0.2) is 0 Å². The van der Waals surface area contributed by atoms with Gasteiger partial charge in [-0.3, -0.25) is 4.55 Å². The van der Waals surface area contributed by atoms with E-state index in [1.54, 1.807) is 6.07 Å². The molecule has 2 aromatic rings. The third-order valence-electron chi connectivity index (χ3n) is 7.50. The highest BCUT2D eigenvalue weighted by atomic mass is 32.2. The van der Waals surface area contributed by atoms with Crippen LogP contribution in [0.25, 0.3) is 10.8 Å². The molecule has 2 aromatic carbocycles. The Morgan fingerprint density at radius 3 is 1.56 bits per heavy atom. The van der Waals surface area contributed by atoms with Gasteiger partial charge in [0.05, 0.1) is 0 Å². The number of hydrogen-bond donors (Lipinski definition) is 1. The SMILES string of the molecule is CCCCCCCCCCCc1cc(CCCCCCCCCCC)c2cccc(S(=O)(=O)O)c2c1. The van der Waals surface area contributed by atoms with Gasteiger partial charge in [0.25, 0.3) is 10.1 Å². The maximum absolute atomic E-state index is 12.1. The highest BCUT2D eigenvalue weighted by molar-refractivity contribution is 7.86. The van der Waals surface area contributed by atoms with Gasteiger partial charge in [0.1, 0.15) is 4.90 Å². The van der Waals surface area contributed by atoms with Crippen LogP contribution in [0.3, 0.4) is 0 Å². The van der Waals surface area contributed by atoms with Crippen LogP contribution in [0.4, 0.5) is 0 Å². The lowest BCUT2D eigenvalue weighted by Gasteiger charge is -2.13. The minimum atomic E-state index is -4.25. The summed E-state index contributed by atoms with van der Waals surface area (Å²) in [5.41, 5.74) is 2.43. The van der Waals surface area contributed by atoms with Gasteiger partial charge in [-0.05, 0) is 54.3 Å². The normalized spacial score (nSPS) is 12.0. The summed E-state index contributed by atoms with van der Waals surface area (Å²) in [6.45, 7) is 4.52. The highest BCUT2D eigenvalue weighted by Gasteiger charge is 2.16. The van der Waals surface area contributed by atoms with Crippen molar-refractivity contribution in [2.24, 2.45) is 0 Å². The van der Waals surface area contributed by atoms with E-state index >= 15 is 0 Å². The summed E-state index contributed by atoms with van der Waals surface area (Å²) in [7, 11) is -4.25. The number of unbranched alkanes of at least 4 members (excludes halogenated alkanes) is 16. The molecule has 3 nitrogen and oxygen atoms in total. The number of aryl methyl sites for hydroxylation is 2. The number of fused-ring (bicyclic) bond motifs is 1. The van der Waals surface area contributed by atoms with Crippen molar-refractivity contribution >= 4 is 20.9 Å². The van der Waals surface area contributed by atoms with Gasteiger partial charge in [-0.1, -0.05) is 135 Å². The average Bonchev–Trinajstić information content (AvgIpc) is 2.85. The van der Waals surface area contributed by atoms with Crippen molar-refractivity contribution in [3.8, 4) is 0 Å². The van der Waals surface area contributed by atoms with E-state index in [1.807, 2.05) is 12.1 Å². The Bertz CT molecular complexity index is 965. The molecule has 36 heavy (non-hydrogen) atoms. The summed E-state index contributed by atoms with van der Waals surface area (Å²) >= 11 is 0. The van der Waals surface area contributed by atoms with Crippen molar-refractivity contribution in [2.45, 2.75) is 147 Å². The fourth-order valence-corrected chi connectivity index (χ4v) is 6.04. The average molecular weight is 517 g/mol. The first-order valence-corrected chi connectivity index (χ1v) is 16.4. The number of benzene rings is 2. The molecule has 0 aromatic heterocycles. The Morgan fingerprint density at radius 1 is 0.583 bits per heavy atom. The smallest absolute Gasteiger partial charge is 0.282 e. The molecule has 0 heterocycles. The monoisotopic (exact) mass is 516 g/mol. The van der Waals surface area contributed by atoms with Crippen LogP contribution in [-0.4, -0.2) is 13.0 Å². The molecule has 1 N–H and O–H groups in total. The molecule has 0 unspecified atom stereocenters. The second-order valence-corrected chi connectivity index (χ2v) is 12.1. The number of hydrogen-bond acceptors (Lipinski definition) is 2. The number of rotatable bonds is 21. The predicted octanol–water partition coefficient (Wildman–Crippen LogP) is 10.2. The Morgan fingerprint density at radius 2 is 1.06 bits per heavy atom. The summed E-state index contributed by atoms with van der Waals surface area (Å²) in [6, 6.07) is 9.59. The van der Waals surface area contributed by atoms with Crippen LogP contribution in [0.15, 0.2) is 35.2 Å². The topological polar surface area (TPSA) is 54.4 Å². The zero-order valence-electron chi connectivity index (χ0n) is 23.2. The molecule has 0 atom stereocenters. The zero-order valence-corrected chi connectivity index (χ0v) is 24.0. The minimum Gasteiger partial charge on any atom is -0.282 e. The van der Waals surface area contributed by atoms with Gasteiger partial charge >= 0.3 is 0 Å². The lowest BCUT2D eigenvalue weighted by molar-refractivity contribution is 0.484. The third-order valence-corrected chi connectivity index (χ3v) is 8.41. The molecule has 0 aliphatic heterocycles. The van der Waals surface area contributed by atoms with Crippen molar-refractivity contribution in [3.63, 3.8) is 0 Å². The van der Waals surface area contributed by atoms with Crippen molar-refractivity contribution in [3.05, 3.63) is 41.5 Å². The van der Waals surface area contributed by atoms with Gasteiger partial charge in [-0.15, -0.1) is 0 Å². The summed E-state index contributed by atoms with van der Waals surface area (Å²) in [6.07, 6.45) is 25.3. The molecule has 0 radical (unpaired) electrons. The molecule has 0 bridgehead atoms. The lowest BCUT2D eigenvalue weighted by atomic mass is 9.94. The maximum Gasteiger partial charge on any atom is 0.295 e. The second-order valence-electron chi connectivity index (χ2n) is 10.7. The Balaban J connectivity index is 1.94. The Labute approximate surface area is 222 Å². The Hall–Kier alpha value is -1.39. The Kier molecular flexibility index (Phi) is 15.4. The van der Waals surface area contributed by atoms with Crippen LogP contribution in [0.5, 0.6) is 0 Å². The molecule has 0 amide bonds. The van der Waals surface area contributed by atoms with E-state index in [9.17, 15) is 13.0 Å². The highest BCUT2D eigenvalue weighted by Crippen LogP contribution is 2.29. The van der Waals surface area contributed by atoms with Crippen LogP contribution in [0.1, 0.15) is 141 Å². The van der Waals surface area contributed by atoms with E-state index in [2.05, 4.69) is 19.9 Å². The first-order valence-electron chi connectivity index (χ1n) is 15.0. The second kappa shape index (κ2) is 18.0. The maximum atomic E-state index is 12.1. The van der Waals surface area contributed by atoms with E-state index in [4.69, 9.17) is 0 Å². The molecule has 0 aliphatic carbocycles. The first-order chi connectivity index (χ1) is 17.5. The molecule has 4 heteroatoms. The van der Waals surface area contributed by atoms with Crippen molar-refractivity contribution < 1.29 is 13.0 Å². The molecule has 0 saturated heterocycles. The molecular formula is C32H52O3S. The van der Waals surface area contributed by atoms with Crippen molar-refractivity contribution in [1.29, 1.82) is 0 Å². The molecule has 0 fully saturated rings. The molecule has 204 valence electrons. The van der Waals surface area contributed by atoms with Crippen molar-refractivity contribution in [1.82, 2.24) is 0 Å². The summed E-state index contributed by atoms with van der Waals surface area (Å²) in [5, 5.41) is 1.65. The van der Waals surface area contributed by atoms with Crippen LogP contribution in [0, 0.1) is 0 Å². The van der Waals surface area contributed by atoms with E-state index in [0.29, 0.717) is 5.39 Å². The fourth-order valence-electron chi connectivity index (χ4n) is 5.34. The van der Waals surface area contributed by atoms with Gasteiger partial charge in [-0.2, -0.15) is 8.42 Å². The van der Waals surface area contributed by atoms with E-state index in [0.717, 1.165) is 31.1 Å².